The van der Waals surface area contributed by atoms with Crippen LogP contribution in [0.3, 0.4) is 0 Å². The zero-order valence-electron chi connectivity index (χ0n) is 15.0. The molecule has 2 N–H and O–H groups in total. The Morgan fingerprint density at radius 2 is 1.80 bits per heavy atom. The second-order valence-electron chi connectivity index (χ2n) is 7.67. The normalized spacial score (nSPS) is 25.4. The molecular formula is C19H28ClN3O2. The molecule has 0 spiro atoms. The van der Waals surface area contributed by atoms with Gasteiger partial charge in [0.15, 0.2) is 0 Å². The van der Waals surface area contributed by atoms with E-state index in [1.807, 2.05) is 35.2 Å². The molecule has 1 aromatic rings. The number of hydrogen-bond donors (Lipinski definition) is 1. The molecule has 2 aliphatic rings. The van der Waals surface area contributed by atoms with Crippen molar-refractivity contribution in [2.45, 2.75) is 45.2 Å². The molecule has 0 radical (unpaired) electrons. The number of likely N-dealkylation sites (tertiary alicyclic amines) is 2. The smallest absolute Gasteiger partial charge is 0.254 e. The van der Waals surface area contributed by atoms with Gasteiger partial charge in [0, 0.05) is 31.2 Å². The molecule has 2 unspecified atom stereocenters. The van der Waals surface area contributed by atoms with Crippen molar-refractivity contribution in [2.75, 3.05) is 19.6 Å². The lowest BCUT2D eigenvalue weighted by molar-refractivity contribution is -0.138. The summed E-state index contributed by atoms with van der Waals surface area (Å²) in [7, 11) is 0. The van der Waals surface area contributed by atoms with Crippen LogP contribution in [-0.2, 0) is 4.79 Å². The monoisotopic (exact) mass is 365 g/mol. The molecule has 138 valence electrons. The third kappa shape index (κ3) is 3.98. The van der Waals surface area contributed by atoms with E-state index < -0.39 is 0 Å². The summed E-state index contributed by atoms with van der Waals surface area (Å²) < 4.78 is 0. The van der Waals surface area contributed by atoms with Gasteiger partial charge in [0.1, 0.15) is 6.04 Å². The standard InChI is InChI=1S/C19H27N3O2.ClH/c1-19(2)13-21(12-10-16(19)20)18(24)15-9-6-11-22(15)17(23)14-7-4-3-5-8-14;/h3-5,7-8,15-16H,6,9-13,20H2,1-2H3;1H. The van der Waals surface area contributed by atoms with Crippen molar-refractivity contribution in [1.82, 2.24) is 9.80 Å². The Balaban J connectivity index is 0.00000225. The highest BCUT2D eigenvalue weighted by molar-refractivity contribution is 5.98. The summed E-state index contributed by atoms with van der Waals surface area (Å²) in [5.41, 5.74) is 6.75. The number of amides is 2. The van der Waals surface area contributed by atoms with Gasteiger partial charge < -0.3 is 15.5 Å². The number of nitrogens with two attached hydrogens (primary N) is 1. The van der Waals surface area contributed by atoms with E-state index in [0.29, 0.717) is 25.2 Å². The number of rotatable bonds is 2. The zero-order valence-corrected chi connectivity index (χ0v) is 15.8. The summed E-state index contributed by atoms with van der Waals surface area (Å²) in [6.45, 7) is 6.22. The van der Waals surface area contributed by atoms with Gasteiger partial charge in [-0.2, -0.15) is 0 Å². The second kappa shape index (κ2) is 7.75. The van der Waals surface area contributed by atoms with Gasteiger partial charge in [0.05, 0.1) is 0 Å². The van der Waals surface area contributed by atoms with Gasteiger partial charge in [-0.3, -0.25) is 9.59 Å². The molecule has 2 aliphatic heterocycles. The van der Waals surface area contributed by atoms with Crippen LogP contribution < -0.4 is 5.73 Å². The average molecular weight is 366 g/mol. The van der Waals surface area contributed by atoms with Crippen LogP contribution >= 0.6 is 12.4 Å². The minimum Gasteiger partial charge on any atom is -0.340 e. The number of carbonyl (C=O) groups excluding carboxylic acids is 2. The summed E-state index contributed by atoms with van der Waals surface area (Å²) in [5, 5.41) is 0. The number of carbonyl (C=O) groups is 2. The van der Waals surface area contributed by atoms with Gasteiger partial charge in [0.2, 0.25) is 5.91 Å². The first-order valence-corrected chi connectivity index (χ1v) is 8.80. The van der Waals surface area contributed by atoms with Crippen LogP contribution in [0, 0.1) is 5.41 Å². The number of benzene rings is 1. The average Bonchev–Trinajstić information content (AvgIpc) is 3.06. The van der Waals surface area contributed by atoms with Crippen molar-refractivity contribution in [3.05, 3.63) is 35.9 Å². The number of halogens is 1. The topological polar surface area (TPSA) is 66.6 Å². The summed E-state index contributed by atoms with van der Waals surface area (Å²) in [4.78, 5) is 29.4. The molecule has 2 atom stereocenters. The molecule has 2 saturated heterocycles. The number of piperidine rings is 1. The van der Waals surface area contributed by atoms with E-state index in [9.17, 15) is 9.59 Å². The Labute approximate surface area is 155 Å². The van der Waals surface area contributed by atoms with E-state index in [2.05, 4.69) is 13.8 Å². The minimum absolute atomic E-state index is 0. The zero-order chi connectivity index (χ0) is 17.3. The van der Waals surface area contributed by atoms with Gasteiger partial charge in [-0.25, -0.2) is 0 Å². The molecule has 0 aliphatic carbocycles. The SMILES string of the molecule is CC1(C)CN(C(=O)C2CCCN2C(=O)c2ccccc2)CCC1N.Cl. The number of hydrogen-bond acceptors (Lipinski definition) is 3. The predicted molar refractivity (Wildman–Crippen MR) is 101 cm³/mol. The maximum Gasteiger partial charge on any atom is 0.254 e. The predicted octanol–water partition coefficient (Wildman–Crippen LogP) is 2.30. The Morgan fingerprint density at radius 3 is 2.44 bits per heavy atom. The molecule has 5 nitrogen and oxygen atoms in total. The lowest BCUT2D eigenvalue weighted by Gasteiger charge is -2.44. The van der Waals surface area contributed by atoms with Gasteiger partial charge in [-0.1, -0.05) is 32.0 Å². The van der Waals surface area contributed by atoms with Gasteiger partial charge in [-0.05, 0) is 36.8 Å². The van der Waals surface area contributed by atoms with Crippen LogP contribution in [0.15, 0.2) is 30.3 Å². The summed E-state index contributed by atoms with van der Waals surface area (Å²) in [6, 6.07) is 9.01. The maximum absolute atomic E-state index is 13.0. The summed E-state index contributed by atoms with van der Waals surface area (Å²) >= 11 is 0. The van der Waals surface area contributed by atoms with Crippen LogP contribution in [0.2, 0.25) is 0 Å². The highest BCUT2D eigenvalue weighted by Gasteiger charge is 2.41. The minimum atomic E-state index is -0.331. The van der Waals surface area contributed by atoms with Crippen LogP contribution in [0.1, 0.15) is 43.5 Å². The highest BCUT2D eigenvalue weighted by Crippen LogP contribution is 2.30. The first-order chi connectivity index (χ1) is 11.4. The quantitative estimate of drug-likeness (QED) is 0.874. The van der Waals surface area contributed by atoms with Crippen molar-refractivity contribution in [1.29, 1.82) is 0 Å². The lowest BCUT2D eigenvalue weighted by atomic mass is 9.79. The molecule has 25 heavy (non-hydrogen) atoms. The first kappa shape index (κ1) is 19.7. The van der Waals surface area contributed by atoms with Crippen LogP contribution in [0.4, 0.5) is 0 Å². The highest BCUT2D eigenvalue weighted by atomic mass is 35.5. The van der Waals surface area contributed by atoms with E-state index in [1.165, 1.54) is 0 Å². The van der Waals surface area contributed by atoms with E-state index in [-0.39, 0.29) is 41.7 Å². The third-order valence-electron chi connectivity index (χ3n) is 5.44. The summed E-state index contributed by atoms with van der Waals surface area (Å²) in [6.07, 6.45) is 2.45. The third-order valence-corrected chi connectivity index (χ3v) is 5.44. The van der Waals surface area contributed by atoms with E-state index >= 15 is 0 Å². The molecule has 1 aromatic carbocycles. The van der Waals surface area contributed by atoms with Crippen LogP contribution in [0.5, 0.6) is 0 Å². The Bertz CT molecular complexity index is 620. The fraction of sp³-hybridized carbons (Fsp3) is 0.579. The van der Waals surface area contributed by atoms with Crippen molar-refractivity contribution in [3.8, 4) is 0 Å². The van der Waals surface area contributed by atoms with Crippen LogP contribution in [-0.4, -0.2) is 53.3 Å². The molecule has 3 rings (SSSR count). The molecule has 2 amide bonds. The largest absolute Gasteiger partial charge is 0.340 e. The van der Waals surface area contributed by atoms with Gasteiger partial charge in [-0.15, -0.1) is 12.4 Å². The van der Waals surface area contributed by atoms with E-state index in [4.69, 9.17) is 5.73 Å². The maximum atomic E-state index is 13.0. The van der Waals surface area contributed by atoms with Crippen molar-refractivity contribution in [2.24, 2.45) is 11.1 Å². The van der Waals surface area contributed by atoms with Crippen molar-refractivity contribution < 1.29 is 9.59 Å². The van der Waals surface area contributed by atoms with Crippen molar-refractivity contribution >= 4 is 24.2 Å². The van der Waals surface area contributed by atoms with Gasteiger partial charge in [0.25, 0.3) is 5.91 Å². The molecule has 2 fully saturated rings. The van der Waals surface area contributed by atoms with Crippen molar-refractivity contribution in [3.63, 3.8) is 0 Å². The Hall–Kier alpha value is -1.59. The molecule has 0 saturated carbocycles. The van der Waals surface area contributed by atoms with E-state index in [1.54, 1.807) is 4.90 Å². The lowest BCUT2D eigenvalue weighted by Crippen LogP contribution is -2.57. The molecule has 2 heterocycles. The molecule has 0 bridgehead atoms. The fourth-order valence-corrected chi connectivity index (χ4v) is 3.79. The summed E-state index contributed by atoms with van der Waals surface area (Å²) in [5.74, 6) is 0.0381. The Morgan fingerprint density at radius 1 is 1.12 bits per heavy atom. The number of nitrogens with zero attached hydrogens (tertiary/aromatic N) is 2. The molecule has 6 heteroatoms. The molecule has 0 aromatic heterocycles. The van der Waals surface area contributed by atoms with Crippen LogP contribution in [0.25, 0.3) is 0 Å². The molecular weight excluding hydrogens is 338 g/mol. The first-order valence-electron chi connectivity index (χ1n) is 8.80. The van der Waals surface area contributed by atoms with Gasteiger partial charge >= 0.3 is 0 Å². The fourth-order valence-electron chi connectivity index (χ4n) is 3.79. The van der Waals surface area contributed by atoms with E-state index in [0.717, 1.165) is 19.3 Å². The second-order valence-corrected chi connectivity index (χ2v) is 7.67. The Kier molecular flexibility index (Phi) is 6.12.